The van der Waals surface area contributed by atoms with E-state index in [0.29, 0.717) is 6.54 Å². The predicted octanol–water partition coefficient (Wildman–Crippen LogP) is 0.208. The van der Waals surface area contributed by atoms with Gasteiger partial charge in [0.25, 0.3) is 5.91 Å². The SMILES string of the molecule is Cc1nn(-c2ccccc2)c(C)c1NC(=O)C[NH+]1CCC(C(N)=O)CC1. The lowest BCUT2D eigenvalue weighted by atomic mass is 9.96. The van der Waals surface area contributed by atoms with Crippen LogP contribution in [0.3, 0.4) is 0 Å². The van der Waals surface area contributed by atoms with E-state index in [9.17, 15) is 9.59 Å². The number of likely N-dealkylation sites (tertiary alicyclic amines) is 1. The summed E-state index contributed by atoms with van der Waals surface area (Å²) in [5.41, 5.74) is 8.80. The fraction of sp³-hybridized carbons (Fsp3) is 0.421. The smallest absolute Gasteiger partial charge is 0.279 e. The number of anilines is 1. The normalized spacial score (nSPS) is 19.9. The van der Waals surface area contributed by atoms with Crippen molar-refractivity contribution in [1.29, 1.82) is 0 Å². The highest BCUT2D eigenvalue weighted by Crippen LogP contribution is 2.22. The van der Waals surface area contributed by atoms with Gasteiger partial charge in [-0.15, -0.1) is 0 Å². The highest BCUT2D eigenvalue weighted by molar-refractivity contribution is 5.92. The Morgan fingerprint density at radius 1 is 1.23 bits per heavy atom. The Labute approximate surface area is 153 Å². The fourth-order valence-corrected chi connectivity index (χ4v) is 3.54. The molecule has 2 aromatic rings. The molecular weight excluding hydrogens is 330 g/mol. The molecule has 0 radical (unpaired) electrons. The van der Waals surface area contributed by atoms with Gasteiger partial charge in [-0.2, -0.15) is 5.10 Å². The van der Waals surface area contributed by atoms with Crippen molar-refractivity contribution in [3.05, 3.63) is 41.7 Å². The van der Waals surface area contributed by atoms with Crippen molar-refractivity contribution >= 4 is 17.5 Å². The summed E-state index contributed by atoms with van der Waals surface area (Å²) < 4.78 is 1.84. The minimum Gasteiger partial charge on any atom is -0.369 e. The monoisotopic (exact) mass is 356 g/mol. The molecule has 7 nitrogen and oxygen atoms in total. The highest BCUT2D eigenvalue weighted by Gasteiger charge is 2.27. The van der Waals surface area contributed by atoms with Gasteiger partial charge in [0.15, 0.2) is 6.54 Å². The Morgan fingerprint density at radius 2 is 1.88 bits per heavy atom. The molecular formula is C19H26N5O2+. The van der Waals surface area contributed by atoms with E-state index in [0.717, 1.165) is 48.7 Å². The molecule has 1 fully saturated rings. The second kappa shape index (κ2) is 7.70. The van der Waals surface area contributed by atoms with Crippen LogP contribution >= 0.6 is 0 Å². The lowest BCUT2D eigenvalue weighted by Crippen LogP contribution is -3.14. The number of aryl methyl sites for hydroxylation is 1. The highest BCUT2D eigenvalue weighted by atomic mass is 16.2. The first-order valence-electron chi connectivity index (χ1n) is 9.00. The van der Waals surface area contributed by atoms with Crippen LogP contribution in [0.2, 0.25) is 0 Å². The lowest BCUT2D eigenvalue weighted by Gasteiger charge is -2.27. The van der Waals surface area contributed by atoms with Crippen molar-refractivity contribution in [2.24, 2.45) is 11.7 Å². The van der Waals surface area contributed by atoms with E-state index in [1.807, 2.05) is 48.9 Å². The van der Waals surface area contributed by atoms with E-state index in [-0.39, 0.29) is 17.7 Å². The first kappa shape index (κ1) is 18.1. The quantitative estimate of drug-likeness (QED) is 0.715. The fourth-order valence-electron chi connectivity index (χ4n) is 3.54. The second-order valence-electron chi connectivity index (χ2n) is 6.94. The van der Waals surface area contributed by atoms with Crippen molar-refractivity contribution in [1.82, 2.24) is 9.78 Å². The molecule has 1 aliphatic heterocycles. The Morgan fingerprint density at radius 3 is 2.50 bits per heavy atom. The summed E-state index contributed by atoms with van der Waals surface area (Å²) in [7, 11) is 0. The minimum atomic E-state index is -0.229. The number of nitrogens with one attached hydrogen (secondary N) is 2. The van der Waals surface area contributed by atoms with Crippen molar-refractivity contribution in [2.45, 2.75) is 26.7 Å². The van der Waals surface area contributed by atoms with Crippen molar-refractivity contribution in [2.75, 3.05) is 25.0 Å². The molecule has 4 N–H and O–H groups in total. The number of carbonyl (C=O) groups is 2. The number of carbonyl (C=O) groups excluding carboxylic acids is 2. The van der Waals surface area contributed by atoms with Crippen LogP contribution in [0.15, 0.2) is 30.3 Å². The number of benzene rings is 1. The molecule has 1 aliphatic rings. The van der Waals surface area contributed by atoms with Crippen molar-refractivity contribution in [3.63, 3.8) is 0 Å². The predicted molar refractivity (Wildman–Crippen MR) is 99.1 cm³/mol. The second-order valence-corrected chi connectivity index (χ2v) is 6.94. The summed E-state index contributed by atoms with van der Waals surface area (Å²) in [5, 5.41) is 7.57. The topological polar surface area (TPSA) is 94.4 Å². The number of primary amides is 1. The summed E-state index contributed by atoms with van der Waals surface area (Å²) in [4.78, 5) is 24.9. The summed E-state index contributed by atoms with van der Waals surface area (Å²) in [6.07, 6.45) is 1.50. The standard InChI is InChI=1S/C19H25N5O2/c1-13-18(14(2)24(22-13)16-6-4-3-5-7-16)21-17(25)12-23-10-8-15(9-11-23)19(20)26/h3-7,15H,8-12H2,1-2H3,(H2,20,26)(H,21,25)/p+1. The molecule has 2 heterocycles. The third kappa shape index (κ3) is 3.94. The van der Waals surface area contributed by atoms with Crippen LogP contribution in [0.4, 0.5) is 5.69 Å². The molecule has 0 saturated carbocycles. The Hall–Kier alpha value is -2.67. The van der Waals surface area contributed by atoms with Gasteiger partial charge in [0.2, 0.25) is 5.91 Å². The van der Waals surface area contributed by atoms with Crippen LogP contribution in [0.25, 0.3) is 5.69 Å². The van der Waals surface area contributed by atoms with E-state index in [1.165, 1.54) is 4.90 Å². The van der Waals surface area contributed by atoms with Crippen LogP contribution in [0.1, 0.15) is 24.2 Å². The first-order chi connectivity index (χ1) is 12.5. The average molecular weight is 356 g/mol. The number of nitrogens with zero attached hydrogens (tertiary/aromatic N) is 2. The van der Waals surface area contributed by atoms with E-state index in [1.54, 1.807) is 0 Å². The number of rotatable bonds is 5. The molecule has 0 unspecified atom stereocenters. The van der Waals surface area contributed by atoms with Crippen molar-refractivity contribution < 1.29 is 14.5 Å². The van der Waals surface area contributed by atoms with Gasteiger partial charge in [0.05, 0.1) is 35.9 Å². The number of hydrogen-bond donors (Lipinski definition) is 3. The third-order valence-corrected chi connectivity index (χ3v) is 5.06. The molecule has 3 rings (SSSR count). The van der Waals surface area contributed by atoms with Crippen LogP contribution in [-0.4, -0.2) is 41.2 Å². The molecule has 138 valence electrons. The average Bonchev–Trinajstić information content (AvgIpc) is 2.91. The van der Waals surface area contributed by atoms with Gasteiger partial charge in [-0.05, 0) is 26.0 Å². The summed E-state index contributed by atoms with van der Waals surface area (Å²) in [6.45, 7) is 5.83. The number of piperidine rings is 1. The summed E-state index contributed by atoms with van der Waals surface area (Å²) >= 11 is 0. The zero-order valence-corrected chi connectivity index (χ0v) is 15.3. The van der Waals surface area contributed by atoms with E-state index in [4.69, 9.17) is 5.73 Å². The number of hydrogen-bond acceptors (Lipinski definition) is 3. The maximum Gasteiger partial charge on any atom is 0.279 e. The van der Waals surface area contributed by atoms with Crippen LogP contribution in [0, 0.1) is 19.8 Å². The Bertz CT molecular complexity index is 792. The van der Waals surface area contributed by atoms with Crippen LogP contribution in [0.5, 0.6) is 0 Å². The van der Waals surface area contributed by atoms with Gasteiger partial charge < -0.3 is 16.0 Å². The molecule has 0 spiro atoms. The molecule has 26 heavy (non-hydrogen) atoms. The van der Waals surface area contributed by atoms with Gasteiger partial charge in [-0.1, -0.05) is 18.2 Å². The van der Waals surface area contributed by atoms with Crippen LogP contribution < -0.4 is 16.0 Å². The lowest BCUT2D eigenvalue weighted by molar-refractivity contribution is -0.897. The molecule has 0 atom stereocenters. The number of aromatic nitrogens is 2. The number of para-hydroxylation sites is 1. The van der Waals surface area contributed by atoms with Gasteiger partial charge in [-0.25, -0.2) is 4.68 Å². The van der Waals surface area contributed by atoms with Gasteiger partial charge in [-0.3, -0.25) is 9.59 Å². The molecule has 1 aromatic carbocycles. The maximum absolute atomic E-state index is 12.5. The molecule has 0 aliphatic carbocycles. The Balaban J connectivity index is 1.63. The molecule has 2 amide bonds. The third-order valence-electron chi connectivity index (χ3n) is 5.06. The van der Waals surface area contributed by atoms with Gasteiger partial charge in [0.1, 0.15) is 0 Å². The summed E-state index contributed by atoms with van der Waals surface area (Å²) in [5.74, 6) is -0.306. The van der Waals surface area contributed by atoms with E-state index >= 15 is 0 Å². The molecule has 1 saturated heterocycles. The van der Waals surface area contributed by atoms with E-state index < -0.39 is 0 Å². The minimum absolute atomic E-state index is 0.0312. The van der Waals surface area contributed by atoms with Crippen LogP contribution in [-0.2, 0) is 9.59 Å². The first-order valence-corrected chi connectivity index (χ1v) is 9.00. The number of nitrogens with two attached hydrogens (primary N) is 1. The molecule has 1 aromatic heterocycles. The zero-order valence-electron chi connectivity index (χ0n) is 15.3. The van der Waals surface area contributed by atoms with Crippen molar-refractivity contribution in [3.8, 4) is 5.69 Å². The Kier molecular flexibility index (Phi) is 5.37. The molecule has 7 heteroatoms. The van der Waals surface area contributed by atoms with Gasteiger partial charge >= 0.3 is 0 Å². The largest absolute Gasteiger partial charge is 0.369 e. The zero-order chi connectivity index (χ0) is 18.7. The number of amides is 2. The maximum atomic E-state index is 12.5. The van der Waals surface area contributed by atoms with E-state index in [2.05, 4.69) is 10.4 Å². The van der Waals surface area contributed by atoms with Gasteiger partial charge in [0, 0.05) is 18.8 Å². The summed E-state index contributed by atoms with van der Waals surface area (Å²) in [6, 6.07) is 9.85. The number of quaternary nitrogens is 1. The molecule has 0 bridgehead atoms.